The zero-order chi connectivity index (χ0) is 12.8. The number of hydrogen-bond donors (Lipinski definition) is 1. The van der Waals surface area contributed by atoms with Crippen LogP contribution in [0.4, 0.5) is 0 Å². The first kappa shape index (κ1) is 14.5. The van der Waals surface area contributed by atoms with Crippen LogP contribution in [0.25, 0.3) is 0 Å². The normalized spacial score (nSPS) is 13.1. The summed E-state index contributed by atoms with van der Waals surface area (Å²) in [5.74, 6) is 0.783. The first-order valence-electron chi connectivity index (χ1n) is 6.55. The Balaban J connectivity index is 2.89. The van der Waals surface area contributed by atoms with Gasteiger partial charge in [-0.2, -0.15) is 0 Å². The van der Waals surface area contributed by atoms with E-state index < -0.39 is 0 Å². The minimum Gasteiger partial charge on any atom is -0.313 e. The molecule has 0 saturated carbocycles. The summed E-state index contributed by atoms with van der Waals surface area (Å²) in [4.78, 5) is 0. The summed E-state index contributed by atoms with van der Waals surface area (Å²) in [5.41, 5.74) is 2.66. The number of rotatable bonds is 6. The summed E-state index contributed by atoms with van der Waals surface area (Å²) in [6.07, 6.45) is 3.67. The highest BCUT2D eigenvalue weighted by Gasteiger charge is 2.16. The van der Waals surface area contributed by atoms with Gasteiger partial charge in [-0.05, 0) is 49.6 Å². The van der Waals surface area contributed by atoms with Gasteiger partial charge in [0, 0.05) is 11.1 Å². The second-order valence-electron chi connectivity index (χ2n) is 4.76. The van der Waals surface area contributed by atoms with E-state index >= 15 is 0 Å². The van der Waals surface area contributed by atoms with Crippen LogP contribution >= 0.6 is 11.6 Å². The molecule has 0 fully saturated rings. The molecule has 0 saturated heterocycles. The van der Waals surface area contributed by atoms with Crippen molar-refractivity contribution in [1.29, 1.82) is 0 Å². The minimum atomic E-state index is 0.415. The smallest absolute Gasteiger partial charge is 0.0409 e. The summed E-state index contributed by atoms with van der Waals surface area (Å²) in [6.45, 7) is 6.69. The first-order valence-corrected chi connectivity index (χ1v) is 6.93. The molecule has 0 bridgehead atoms. The zero-order valence-electron chi connectivity index (χ0n) is 11.4. The molecule has 1 rings (SSSR count). The van der Waals surface area contributed by atoms with Gasteiger partial charge in [0.15, 0.2) is 0 Å². The Kier molecular flexibility index (Phi) is 6.01. The van der Waals surface area contributed by atoms with Crippen LogP contribution in [0, 0.1) is 12.8 Å². The third kappa shape index (κ3) is 4.01. The zero-order valence-corrected chi connectivity index (χ0v) is 12.1. The number of benzene rings is 1. The van der Waals surface area contributed by atoms with E-state index in [9.17, 15) is 0 Å². The fourth-order valence-corrected chi connectivity index (χ4v) is 2.52. The molecule has 1 aromatic carbocycles. The summed E-state index contributed by atoms with van der Waals surface area (Å²) in [5, 5.41) is 4.26. The van der Waals surface area contributed by atoms with Gasteiger partial charge in [0.2, 0.25) is 0 Å². The fourth-order valence-electron chi connectivity index (χ4n) is 2.34. The van der Waals surface area contributed by atoms with Gasteiger partial charge < -0.3 is 5.32 Å². The van der Waals surface area contributed by atoms with E-state index in [0.717, 1.165) is 10.9 Å². The molecule has 1 unspecified atom stereocenters. The molecule has 1 atom stereocenters. The lowest BCUT2D eigenvalue weighted by Crippen LogP contribution is -2.20. The van der Waals surface area contributed by atoms with E-state index in [1.807, 2.05) is 13.1 Å². The number of aryl methyl sites for hydroxylation is 1. The Hall–Kier alpha value is -0.530. The Morgan fingerprint density at radius 2 is 1.88 bits per heavy atom. The van der Waals surface area contributed by atoms with E-state index in [0.29, 0.717) is 6.04 Å². The molecule has 0 radical (unpaired) electrons. The van der Waals surface area contributed by atoms with Crippen molar-refractivity contribution >= 4 is 11.6 Å². The van der Waals surface area contributed by atoms with Gasteiger partial charge in [-0.3, -0.25) is 0 Å². The molecule has 1 nitrogen and oxygen atoms in total. The molecule has 0 aliphatic carbocycles. The lowest BCUT2D eigenvalue weighted by molar-refractivity contribution is 0.384. The van der Waals surface area contributed by atoms with Gasteiger partial charge in [-0.1, -0.05) is 44.4 Å². The Bertz CT molecular complexity index is 345. The standard InChI is InChI=1S/C15H24ClN/c1-5-12(6-2)9-15(17-4)14-10-13(16)8-7-11(14)3/h7-8,10,12,15,17H,5-6,9H2,1-4H3. The molecule has 0 aliphatic heterocycles. The van der Waals surface area contributed by atoms with Gasteiger partial charge in [-0.25, -0.2) is 0 Å². The predicted octanol–water partition coefficient (Wildman–Crippen LogP) is 4.74. The molecule has 2 heteroatoms. The van der Waals surface area contributed by atoms with Crippen LogP contribution in [0.3, 0.4) is 0 Å². The maximum Gasteiger partial charge on any atom is 0.0409 e. The molecule has 96 valence electrons. The van der Waals surface area contributed by atoms with Gasteiger partial charge >= 0.3 is 0 Å². The second-order valence-corrected chi connectivity index (χ2v) is 5.20. The van der Waals surface area contributed by atoms with Gasteiger partial charge in [0.25, 0.3) is 0 Å². The predicted molar refractivity (Wildman–Crippen MR) is 76.7 cm³/mol. The summed E-state index contributed by atoms with van der Waals surface area (Å²) in [7, 11) is 2.04. The van der Waals surface area contributed by atoms with Crippen LogP contribution < -0.4 is 5.32 Å². The molecule has 0 heterocycles. The maximum absolute atomic E-state index is 6.09. The molecule has 0 aliphatic rings. The molecular formula is C15H24ClN. The first-order chi connectivity index (χ1) is 8.12. The van der Waals surface area contributed by atoms with Crippen molar-refractivity contribution in [2.75, 3.05) is 7.05 Å². The molecular weight excluding hydrogens is 230 g/mol. The Labute approximate surface area is 111 Å². The highest BCUT2D eigenvalue weighted by Crippen LogP contribution is 2.28. The van der Waals surface area contributed by atoms with Crippen LogP contribution in [0.2, 0.25) is 5.02 Å². The minimum absolute atomic E-state index is 0.415. The van der Waals surface area contributed by atoms with E-state index in [1.54, 1.807) is 0 Å². The van der Waals surface area contributed by atoms with Crippen molar-refractivity contribution in [2.24, 2.45) is 5.92 Å². The number of nitrogens with one attached hydrogen (secondary N) is 1. The molecule has 0 amide bonds. The maximum atomic E-state index is 6.09. The van der Waals surface area contributed by atoms with Crippen molar-refractivity contribution in [1.82, 2.24) is 5.32 Å². The third-order valence-corrected chi connectivity index (χ3v) is 3.92. The van der Waals surface area contributed by atoms with Gasteiger partial charge in [-0.15, -0.1) is 0 Å². The third-order valence-electron chi connectivity index (χ3n) is 3.69. The van der Waals surface area contributed by atoms with Gasteiger partial charge in [0.1, 0.15) is 0 Å². The fraction of sp³-hybridized carbons (Fsp3) is 0.600. The van der Waals surface area contributed by atoms with Crippen molar-refractivity contribution in [3.8, 4) is 0 Å². The highest BCUT2D eigenvalue weighted by atomic mass is 35.5. The molecule has 0 spiro atoms. The van der Waals surface area contributed by atoms with Crippen molar-refractivity contribution < 1.29 is 0 Å². The van der Waals surface area contributed by atoms with E-state index in [4.69, 9.17) is 11.6 Å². The Morgan fingerprint density at radius 3 is 2.41 bits per heavy atom. The van der Waals surface area contributed by atoms with E-state index in [2.05, 4.69) is 38.2 Å². The SMILES string of the molecule is CCC(CC)CC(NC)c1cc(Cl)ccc1C. The van der Waals surface area contributed by atoms with Crippen LogP contribution in [-0.2, 0) is 0 Å². The average Bonchev–Trinajstić information content (AvgIpc) is 2.34. The number of hydrogen-bond acceptors (Lipinski definition) is 1. The van der Waals surface area contributed by atoms with Crippen LogP contribution in [0.5, 0.6) is 0 Å². The average molecular weight is 254 g/mol. The van der Waals surface area contributed by atoms with Crippen molar-refractivity contribution in [3.05, 3.63) is 34.3 Å². The van der Waals surface area contributed by atoms with Crippen LogP contribution in [-0.4, -0.2) is 7.05 Å². The second kappa shape index (κ2) is 7.03. The van der Waals surface area contributed by atoms with Gasteiger partial charge in [0.05, 0.1) is 0 Å². The molecule has 1 aromatic rings. The summed E-state index contributed by atoms with van der Waals surface area (Å²) in [6, 6.07) is 6.58. The summed E-state index contributed by atoms with van der Waals surface area (Å²) >= 11 is 6.09. The molecule has 1 N–H and O–H groups in total. The quantitative estimate of drug-likeness (QED) is 0.773. The highest BCUT2D eigenvalue weighted by molar-refractivity contribution is 6.30. The largest absolute Gasteiger partial charge is 0.313 e. The lowest BCUT2D eigenvalue weighted by atomic mass is 9.89. The lowest BCUT2D eigenvalue weighted by Gasteiger charge is -2.23. The van der Waals surface area contributed by atoms with Crippen LogP contribution in [0.1, 0.15) is 50.3 Å². The monoisotopic (exact) mass is 253 g/mol. The van der Waals surface area contributed by atoms with E-state index in [-0.39, 0.29) is 0 Å². The van der Waals surface area contributed by atoms with Crippen LogP contribution in [0.15, 0.2) is 18.2 Å². The van der Waals surface area contributed by atoms with E-state index in [1.165, 1.54) is 30.4 Å². The number of halogens is 1. The topological polar surface area (TPSA) is 12.0 Å². The molecule has 17 heavy (non-hydrogen) atoms. The molecule has 0 aromatic heterocycles. The van der Waals surface area contributed by atoms with Crippen molar-refractivity contribution in [2.45, 2.75) is 46.1 Å². The van der Waals surface area contributed by atoms with Crippen molar-refractivity contribution in [3.63, 3.8) is 0 Å². The summed E-state index contributed by atoms with van der Waals surface area (Å²) < 4.78 is 0. The Morgan fingerprint density at radius 1 is 1.24 bits per heavy atom.